The minimum absolute atomic E-state index is 0.0161. The highest BCUT2D eigenvalue weighted by atomic mass is 32.8. The Bertz CT molecular complexity index is 1310. The molecule has 0 bridgehead atoms. The number of nitrogens with one attached hydrogen (secondary N) is 1. The molecular formula is C12H20N5O13P3S2. The summed E-state index contributed by atoms with van der Waals surface area (Å²) in [5.74, 6) is -0.0439. The van der Waals surface area contributed by atoms with Gasteiger partial charge in [0.2, 0.25) is 5.95 Å². The fourth-order valence-electron chi connectivity index (χ4n) is 3.00. The first-order valence-corrected chi connectivity index (χ1v) is 16.4. The number of aromatic amines is 1. The molecule has 7 N–H and O–H groups in total. The molecule has 198 valence electrons. The van der Waals surface area contributed by atoms with Gasteiger partial charge in [-0.25, -0.2) is 18.7 Å². The van der Waals surface area contributed by atoms with E-state index in [-0.39, 0.29) is 29.5 Å². The van der Waals surface area contributed by atoms with Crippen LogP contribution < -0.4 is 11.3 Å². The second-order valence-corrected chi connectivity index (χ2v) is 14.4. The van der Waals surface area contributed by atoms with Gasteiger partial charge in [0, 0.05) is 6.42 Å². The Morgan fingerprint density at radius 3 is 2.60 bits per heavy atom. The van der Waals surface area contributed by atoms with Crippen molar-refractivity contribution in [3.8, 4) is 0 Å². The lowest BCUT2D eigenvalue weighted by Crippen LogP contribution is -2.29. The number of hydrogen-bond donors (Lipinski definition) is 6. The lowest BCUT2D eigenvalue weighted by Gasteiger charge is -2.21. The van der Waals surface area contributed by atoms with Gasteiger partial charge in [-0.05, 0) is 17.4 Å². The van der Waals surface area contributed by atoms with Crippen molar-refractivity contribution in [2.45, 2.75) is 24.9 Å². The van der Waals surface area contributed by atoms with Crippen LogP contribution in [0.15, 0.2) is 11.1 Å². The highest BCUT2D eigenvalue weighted by Gasteiger charge is 2.43. The van der Waals surface area contributed by atoms with E-state index in [2.05, 4.69) is 28.1 Å². The quantitative estimate of drug-likeness (QED) is 0.176. The van der Waals surface area contributed by atoms with Gasteiger partial charge < -0.3 is 34.8 Å². The number of nitrogens with two attached hydrogens (primary N) is 1. The zero-order chi connectivity index (χ0) is 26.2. The van der Waals surface area contributed by atoms with Crippen LogP contribution in [-0.2, 0) is 57.0 Å². The standard InChI is InChI=1S/C12H20N5O13P3S2/c1-35(34)5-26-6-2-8(17-4-14-9-10(17)15-12(13)16-11(9)18)28-7(6)3-27-32(22,23)30-33(24,25)29-31(19,20)21/h4,6-8H,2-3,5H2,1H3,(H,22,23)(H,24,25)(H2,19,20,21)(H3,13,15,16,18)/t6-,7-,8-,35?/m1/s1. The summed E-state index contributed by atoms with van der Waals surface area (Å²) in [7, 11) is -17.2. The Labute approximate surface area is 202 Å². The van der Waals surface area contributed by atoms with E-state index >= 15 is 0 Å². The molecule has 35 heavy (non-hydrogen) atoms. The average Bonchev–Trinajstić information content (AvgIpc) is 3.25. The van der Waals surface area contributed by atoms with E-state index in [9.17, 15) is 28.3 Å². The average molecular weight is 599 g/mol. The number of H-pyrrole nitrogens is 1. The van der Waals surface area contributed by atoms with Crippen LogP contribution >= 0.6 is 23.5 Å². The Kier molecular flexibility index (Phi) is 8.84. The highest BCUT2D eigenvalue weighted by molar-refractivity contribution is 8.28. The maximum Gasteiger partial charge on any atom is 0.490 e. The largest absolute Gasteiger partial charge is 0.490 e. The van der Waals surface area contributed by atoms with Crippen LogP contribution in [0.25, 0.3) is 11.2 Å². The van der Waals surface area contributed by atoms with E-state index in [1.54, 1.807) is 6.26 Å². The minimum atomic E-state index is -5.68. The van der Waals surface area contributed by atoms with Crippen LogP contribution in [0.1, 0.15) is 12.6 Å². The smallest absolute Gasteiger partial charge is 0.369 e. The van der Waals surface area contributed by atoms with Crippen LogP contribution in [-0.4, -0.2) is 70.1 Å². The number of rotatable bonds is 11. The number of aromatic nitrogens is 4. The Hall–Kier alpha value is -0.950. The summed E-state index contributed by atoms with van der Waals surface area (Å²) in [5.41, 5.74) is 5.09. The molecule has 18 nitrogen and oxygen atoms in total. The number of anilines is 1. The van der Waals surface area contributed by atoms with E-state index in [4.69, 9.17) is 36.2 Å². The van der Waals surface area contributed by atoms with Gasteiger partial charge in [-0.15, -0.1) is 0 Å². The summed E-state index contributed by atoms with van der Waals surface area (Å²) in [6.45, 7) is -0.734. The van der Waals surface area contributed by atoms with E-state index in [1.807, 2.05) is 0 Å². The molecule has 0 spiro atoms. The van der Waals surface area contributed by atoms with Crippen LogP contribution in [0.2, 0.25) is 0 Å². The molecule has 1 saturated heterocycles. The van der Waals surface area contributed by atoms with Gasteiger partial charge in [0.25, 0.3) is 5.56 Å². The number of hydrogen-bond acceptors (Lipinski definition) is 13. The van der Waals surface area contributed by atoms with Gasteiger partial charge in [0.1, 0.15) is 12.3 Å². The normalized spacial score (nSPS) is 25.3. The second-order valence-electron chi connectivity index (χ2n) is 6.92. The Morgan fingerprint density at radius 2 is 1.97 bits per heavy atom. The third-order valence-corrected chi connectivity index (χ3v) is 8.77. The van der Waals surface area contributed by atoms with Crippen molar-refractivity contribution in [3.05, 3.63) is 16.7 Å². The molecular weight excluding hydrogens is 579 g/mol. The molecule has 0 amide bonds. The molecule has 1 fully saturated rings. The molecule has 2 aromatic rings. The summed E-state index contributed by atoms with van der Waals surface area (Å²) < 4.78 is 59.3. The monoisotopic (exact) mass is 599 g/mol. The summed E-state index contributed by atoms with van der Waals surface area (Å²) >= 11 is 5.09. The zero-order valence-electron chi connectivity index (χ0n) is 17.5. The first kappa shape index (κ1) is 28.6. The van der Waals surface area contributed by atoms with Gasteiger partial charge in [-0.3, -0.25) is 18.9 Å². The molecule has 2 aromatic heterocycles. The van der Waals surface area contributed by atoms with Crippen molar-refractivity contribution < 1.29 is 55.9 Å². The zero-order valence-corrected chi connectivity index (χ0v) is 21.8. The number of phosphoric ester groups is 1. The minimum Gasteiger partial charge on any atom is -0.369 e. The number of nitrogen functional groups attached to an aromatic ring is 1. The van der Waals surface area contributed by atoms with Crippen molar-refractivity contribution in [2.24, 2.45) is 0 Å². The van der Waals surface area contributed by atoms with Crippen LogP contribution in [0.3, 0.4) is 0 Å². The van der Waals surface area contributed by atoms with E-state index in [1.165, 1.54) is 10.9 Å². The van der Waals surface area contributed by atoms with E-state index in [0.29, 0.717) is 0 Å². The van der Waals surface area contributed by atoms with Crippen LogP contribution in [0, 0.1) is 0 Å². The number of ether oxygens (including phenoxy) is 2. The molecule has 0 aliphatic carbocycles. The summed E-state index contributed by atoms with van der Waals surface area (Å²) in [5, 5.41) is 0. The molecule has 0 aromatic carbocycles. The van der Waals surface area contributed by atoms with Crippen molar-refractivity contribution in [1.82, 2.24) is 19.5 Å². The molecule has 0 saturated carbocycles. The molecule has 0 radical (unpaired) electrons. The molecule has 3 rings (SSSR count). The molecule has 6 atom stereocenters. The first-order chi connectivity index (χ1) is 16.1. The molecule has 1 aliphatic rings. The van der Waals surface area contributed by atoms with E-state index in [0.717, 1.165) is 0 Å². The number of imidazole rings is 1. The topological polar surface area (TPSA) is 268 Å². The summed E-state index contributed by atoms with van der Waals surface area (Å²) in [6.07, 6.45) is 0.429. The fourth-order valence-corrected chi connectivity index (χ4v) is 6.57. The van der Waals surface area contributed by atoms with Gasteiger partial charge in [-0.1, -0.05) is 9.45 Å². The Morgan fingerprint density at radius 1 is 1.29 bits per heavy atom. The predicted octanol–water partition coefficient (Wildman–Crippen LogP) is -0.615. The van der Waals surface area contributed by atoms with E-state index < -0.39 is 63.5 Å². The lowest BCUT2D eigenvalue weighted by molar-refractivity contribution is -0.0523. The van der Waals surface area contributed by atoms with Gasteiger partial charge >= 0.3 is 23.5 Å². The second kappa shape index (κ2) is 10.8. The highest BCUT2D eigenvalue weighted by Crippen LogP contribution is 2.66. The number of nitrogens with zero attached hydrogens (tertiary/aromatic N) is 3. The number of phosphoric acid groups is 3. The lowest BCUT2D eigenvalue weighted by atomic mass is 10.2. The fraction of sp³-hybridized carbons (Fsp3) is 0.583. The Balaban J connectivity index is 1.77. The van der Waals surface area contributed by atoms with Crippen molar-refractivity contribution >= 4 is 61.2 Å². The van der Waals surface area contributed by atoms with Gasteiger partial charge in [0.15, 0.2) is 11.2 Å². The maximum atomic E-state index is 12.1. The third kappa shape index (κ3) is 8.02. The van der Waals surface area contributed by atoms with Gasteiger partial charge in [0.05, 0.1) is 25.0 Å². The van der Waals surface area contributed by atoms with Crippen LogP contribution in [0.4, 0.5) is 5.95 Å². The van der Waals surface area contributed by atoms with Crippen LogP contribution in [0.5, 0.6) is 0 Å². The summed E-state index contributed by atoms with van der Waals surface area (Å²) in [6, 6.07) is 0. The maximum absolute atomic E-state index is 12.1. The van der Waals surface area contributed by atoms with Crippen molar-refractivity contribution in [3.63, 3.8) is 0 Å². The molecule has 1 aliphatic heterocycles. The summed E-state index contributed by atoms with van der Waals surface area (Å²) in [4.78, 5) is 58.5. The van der Waals surface area contributed by atoms with Gasteiger partial charge in [-0.2, -0.15) is 13.6 Å². The van der Waals surface area contributed by atoms with Crippen molar-refractivity contribution in [1.29, 1.82) is 0 Å². The SMILES string of the molecule is CS(=S)CO[C@@H]1C[C@H](n2cnc3c(=O)[nH]c(N)nc32)O[C@@H]1COP(=O)(O)OP(=O)(O)OP(=O)(O)O. The number of fused-ring (bicyclic) bond motifs is 1. The third-order valence-electron chi connectivity index (χ3n) is 4.21. The molecule has 23 heteroatoms. The predicted molar refractivity (Wildman–Crippen MR) is 121 cm³/mol. The molecule has 3 heterocycles. The van der Waals surface area contributed by atoms with Crippen molar-refractivity contribution in [2.75, 3.05) is 24.5 Å². The first-order valence-electron chi connectivity index (χ1n) is 9.13. The molecule has 3 unspecified atom stereocenters.